The van der Waals surface area contributed by atoms with E-state index in [9.17, 15) is 4.79 Å². The summed E-state index contributed by atoms with van der Waals surface area (Å²) in [6.07, 6.45) is 14.5. The van der Waals surface area contributed by atoms with Crippen LogP contribution in [-0.4, -0.2) is 69.3 Å². The van der Waals surface area contributed by atoms with Gasteiger partial charge in [0.15, 0.2) is 0 Å². The van der Waals surface area contributed by atoms with Crippen LogP contribution in [0.2, 0.25) is 0 Å². The van der Waals surface area contributed by atoms with Crippen molar-refractivity contribution in [1.82, 2.24) is 29.5 Å². The van der Waals surface area contributed by atoms with Crippen molar-refractivity contribution in [3.63, 3.8) is 0 Å². The molecule has 1 aliphatic heterocycles. The topological polar surface area (TPSA) is 112 Å². The van der Waals surface area contributed by atoms with Gasteiger partial charge in [-0.2, -0.15) is 4.98 Å². The third-order valence-electron chi connectivity index (χ3n) is 8.59. The van der Waals surface area contributed by atoms with Gasteiger partial charge in [0.2, 0.25) is 5.95 Å². The predicted molar refractivity (Wildman–Crippen MR) is 195 cm³/mol. The summed E-state index contributed by atoms with van der Waals surface area (Å²) in [4.78, 5) is 29.1. The number of nitrogens with zero attached hydrogens (tertiary/aromatic N) is 5. The van der Waals surface area contributed by atoms with Gasteiger partial charge in [0, 0.05) is 71.9 Å². The Bertz CT molecular complexity index is 1710. The summed E-state index contributed by atoms with van der Waals surface area (Å²) >= 11 is 1.79. The third-order valence-corrected chi connectivity index (χ3v) is 9.70. The van der Waals surface area contributed by atoms with E-state index < -0.39 is 0 Å². The van der Waals surface area contributed by atoms with Crippen LogP contribution in [-0.2, 0) is 0 Å². The number of piperazine rings is 1. The van der Waals surface area contributed by atoms with Crippen molar-refractivity contribution in [2.75, 3.05) is 44.3 Å². The molecule has 9 nitrogen and oxygen atoms in total. The molecule has 2 aromatic carbocycles. The number of nitrogens with one attached hydrogen (secondary N) is 2. The fraction of sp³-hybridized carbons (Fsp3) is 0.368. The lowest BCUT2D eigenvalue weighted by atomic mass is 10.0. The molecule has 0 bridgehead atoms. The van der Waals surface area contributed by atoms with E-state index in [1.54, 1.807) is 36.5 Å². The maximum atomic E-state index is 12.3. The minimum absolute atomic E-state index is 0.0806. The highest BCUT2D eigenvalue weighted by Crippen LogP contribution is 2.30. The van der Waals surface area contributed by atoms with Crippen LogP contribution < -0.4 is 16.4 Å². The highest BCUT2D eigenvalue weighted by molar-refractivity contribution is 7.97. The van der Waals surface area contributed by atoms with Crippen LogP contribution in [0.3, 0.4) is 0 Å². The second-order valence-corrected chi connectivity index (χ2v) is 13.8. The number of likely N-dealkylation sites (N-methyl/N-ethyl adjacent to an activating group) is 1. The van der Waals surface area contributed by atoms with Crippen molar-refractivity contribution in [3.8, 4) is 23.0 Å². The van der Waals surface area contributed by atoms with Crippen molar-refractivity contribution < 1.29 is 4.79 Å². The van der Waals surface area contributed by atoms with Crippen LogP contribution >= 0.6 is 11.9 Å². The number of anilines is 3. The Morgan fingerprint density at radius 3 is 2.21 bits per heavy atom. The summed E-state index contributed by atoms with van der Waals surface area (Å²) in [5.41, 5.74) is 10.9. The van der Waals surface area contributed by atoms with Crippen molar-refractivity contribution >= 4 is 35.3 Å². The van der Waals surface area contributed by atoms with Crippen LogP contribution in [0.1, 0.15) is 73.0 Å². The van der Waals surface area contributed by atoms with Gasteiger partial charge >= 0.3 is 0 Å². The lowest BCUT2D eigenvalue weighted by Gasteiger charge is -2.31. The van der Waals surface area contributed by atoms with Crippen molar-refractivity contribution in [2.45, 2.75) is 62.3 Å². The van der Waals surface area contributed by atoms with E-state index in [-0.39, 0.29) is 5.91 Å². The highest BCUT2D eigenvalue weighted by Gasteiger charge is 2.23. The molecule has 1 saturated heterocycles. The number of hydrogen-bond donors (Lipinski definition) is 3. The van der Waals surface area contributed by atoms with Crippen LogP contribution in [0.4, 0.5) is 17.5 Å². The van der Waals surface area contributed by atoms with E-state index in [4.69, 9.17) is 5.73 Å². The average molecular weight is 661 g/mol. The standard InChI is InChI=1S/C32H32N8OS.C6H12/c1-39-16-18-40(19-17-39)42-28-12-5-23(6-13-28)29-21-35-32(38-30(29)33)37-26-7-2-22(3-8-26)4-9-27-20-24(14-15-34-27)31(41)36-25-10-11-25;1-2-4-6-5-3-1/h2-3,5-8,12-15,20-21,25H,10-11,16-19H2,1H3,(H,36,41)(H3,33,35,37,38);1-6H2. The molecular weight excluding hydrogens is 617 g/mol. The van der Waals surface area contributed by atoms with E-state index in [0.717, 1.165) is 61.4 Å². The van der Waals surface area contributed by atoms with Crippen LogP contribution in [0, 0.1) is 11.8 Å². The van der Waals surface area contributed by atoms with Gasteiger partial charge in [-0.1, -0.05) is 56.6 Å². The molecule has 1 amide bonds. The zero-order valence-electron chi connectivity index (χ0n) is 27.6. The quantitative estimate of drug-likeness (QED) is 0.146. The number of pyridine rings is 1. The molecule has 48 heavy (non-hydrogen) atoms. The zero-order valence-corrected chi connectivity index (χ0v) is 28.4. The Kier molecular flexibility index (Phi) is 11.6. The van der Waals surface area contributed by atoms with Crippen LogP contribution in [0.15, 0.2) is 78.0 Å². The molecule has 0 radical (unpaired) electrons. The molecule has 248 valence electrons. The van der Waals surface area contributed by atoms with E-state index >= 15 is 0 Å². The smallest absolute Gasteiger partial charge is 0.251 e. The number of rotatable bonds is 7. The average Bonchev–Trinajstić information content (AvgIpc) is 3.95. The number of amides is 1. The first kappa shape index (κ1) is 33.5. The highest BCUT2D eigenvalue weighted by atomic mass is 32.2. The monoisotopic (exact) mass is 660 g/mol. The normalized spacial score (nSPS) is 16.5. The maximum Gasteiger partial charge on any atom is 0.251 e. The second kappa shape index (κ2) is 16.6. The molecule has 3 heterocycles. The van der Waals surface area contributed by atoms with Gasteiger partial charge < -0.3 is 21.3 Å². The van der Waals surface area contributed by atoms with Gasteiger partial charge in [-0.25, -0.2) is 14.3 Å². The lowest BCUT2D eigenvalue weighted by Crippen LogP contribution is -2.40. The Balaban J connectivity index is 0.000000604. The van der Waals surface area contributed by atoms with Crippen LogP contribution in [0.25, 0.3) is 11.1 Å². The fourth-order valence-corrected chi connectivity index (χ4v) is 6.40. The molecule has 4 N–H and O–H groups in total. The molecule has 0 spiro atoms. The molecule has 10 heteroatoms. The summed E-state index contributed by atoms with van der Waals surface area (Å²) in [6, 6.07) is 19.7. The number of benzene rings is 2. The van der Waals surface area contributed by atoms with Gasteiger partial charge in [0.25, 0.3) is 5.91 Å². The summed E-state index contributed by atoms with van der Waals surface area (Å²) in [5, 5.41) is 6.19. The van der Waals surface area contributed by atoms with Crippen LogP contribution in [0.5, 0.6) is 0 Å². The van der Waals surface area contributed by atoms with Crippen molar-refractivity contribution in [3.05, 3.63) is 89.9 Å². The number of hydrogen-bond acceptors (Lipinski definition) is 9. The molecular formula is C38H44N8OS. The Morgan fingerprint density at radius 2 is 1.56 bits per heavy atom. The van der Waals surface area contributed by atoms with E-state index in [2.05, 4.69) is 77.9 Å². The van der Waals surface area contributed by atoms with E-state index in [1.165, 1.54) is 43.4 Å². The number of carbonyl (C=O) groups excluding carboxylic acids is 1. The summed E-state index contributed by atoms with van der Waals surface area (Å²) < 4.78 is 2.40. The maximum absolute atomic E-state index is 12.3. The zero-order chi connectivity index (χ0) is 33.1. The minimum atomic E-state index is -0.0806. The van der Waals surface area contributed by atoms with Gasteiger partial charge in [-0.05, 0) is 91.9 Å². The number of aromatic nitrogens is 3. The van der Waals surface area contributed by atoms with E-state index in [0.29, 0.717) is 29.1 Å². The van der Waals surface area contributed by atoms with Gasteiger partial charge in [0.1, 0.15) is 11.5 Å². The van der Waals surface area contributed by atoms with Crippen molar-refractivity contribution in [2.24, 2.45) is 0 Å². The SMILES string of the molecule is C1CCCCC1.CN1CCN(Sc2ccc(-c3cnc(Nc4ccc(C#Cc5cc(C(=O)NC6CC6)ccn5)cc4)nc3N)cc2)CC1. The number of carbonyl (C=O) groups is 1. The summed E-state index contributed by atoms with van der Waals surface area (Å²) in [5.74, 6) is 6.90. The molecule has 2 aromatic heterocycles. The number of nitrogen functional groups attached to an aromatic ring is 1. The lowest BCUT2D eigenvalue weighted by molar-refractivity contribution is 0.0951. The molecule has 3 fully saturated rings. The molecule has 0 atom stereocenters. The van der Waals surface area contributed by atoms with Gasteiger partial charge in [0.05, 0.1) is 0 Å². The van der Waals surface area contributed by atoms with Gasteiger partial charge in [-0.3, -0.25) is 4.79 Å². The fourth-order valence-electron chi connectivity index (χ4n) is 5.50. The number of nitrogens with two attached hydrogens (primary N) is 1. The first-order valence-corrected chi connectivity index (χ1v) is 17.8. The molecule has 2 aliphatic carbocycles. The minimum Gasteiger partial charge on any atom is -0.383 e. The largest absolute Gasteiger partial charge is 0.383 e. The Morgan fingerprint density at radius 1 is 0.875 bits per heavy atom. The Labute approximate surface area is 288 Å². The molecule has 7 rings (SSSR count). The Hall–Kier alpha value is -4.43. The molecule has 3 aliphatic rings. The first-order chi connectivity index (χ1) is 23.5. The molecule has 4 aromatic rings. The first-order valence-electron chi connectivity index (χ1n) is 17.0. The summed E-state index contributed by atoms with van der Waals surface area (Å²) in [7, 11) is 2.16. The molecule has 2 saturated carbocycles. The second-order valence-electron chi connectivity index (χ2n) is 12.6. The predicted octanol–water partition coefficient (Wildman–Crippen LogP) is 6.75. The third kappa shape index (κ3) is 10.0. The van der Waals surface area contributed by atoms with Crippen molar-refractivity contribution in [1.29, 1.82) is 0 Å². The van der Waals surface area contributed by atoms with E-state index in [1.807, 2.05) is 24.3 Å². The molecule has 0 unspecified atom stereocenters. The summed E-state index contributed by atoms with van der Waals surface area (Å²) in [6.45, 7) is 4.29. The van der Waals surface area contributed by atoms with Gasteiger partial charge in [-0.15, -0.1) is 0 Å².